The molecule has 25 heavy (non-hydrogen) atoms. The van der Waals surface area contributed by atoms with Crippen molar-refractivity contribution >= 4 is 22.8 Å². The van der Waals surface area contributed by atoms with Crippen LogP contribution in [0.4, 0.5) is 10.2 Å². The smallest absolute Gasteiger partial charge is 0.341 e. The lowest BCUT2D eigenvalue weighted by atomic mass is 10.1. The highest BCUT2D eigenvalue weighted by Crippen LogP contribution is 2.37. The Kier molecular flexibility index (Phi) is 3.72. The van der Waals surface area contributed by atoms with Crippen LogP contribution < -0.4 is 16.1 Å². The van der Waals surface area contributed by atoms with Crippen molar-refractivity contribution in [3.63, 3.8) is 0 Å². The van der Waals surface area contributed by atoms with Gasteiger partial charge in [-0.2, -0.15) is 0 Å². The Labute approximate surface area is 142 Å². The van der Waals surface area contributed by atoms with E-state index >= 15 is 0 Å². The zero-order valence-electron chi connectivity index (χ0n) is 13.6. The lowest BCUT2D eigenvalue weighted by molar-refractivity contribution is 0.0695. The first-order valence-corrected chi connectivity index (χ1v) is 8.46. The first-order chi connectivity index (χ1) is 12.0. The van der Waals surface area contributed by atoms with Crippen LogP contribution in [0.5, 0.6) is 0 Å². The summed E-state index contributed by atoms with van der Waals surface area (Å²) in [5.74, 6) is -1.74. The molecule has 1 saturated heterocycles. The van der Waals surface area contributed by atoms with Gasteiger partial charge in [0.15, 0.2) is 11.6 Å². The van der Waals surface area contributed by atoms with Gasteiger partial charge >= 0.3 is 5.97 Å². The number of nitrogens with two attached hydrogens (primary N) is 1. The van der Waals surface area contributed by atoms with Crippen LogP contribution in [0, 0.1) is 5.82 Å². The summed E-state index contributed by atoms with van der Waals surface area (Å²) in [4.78, 5) is 30.1. The fourth-order valence-corrected chi connectivity index (χ4v) is 3.58. The summed E-state index contributed by atoms with van der Waals surface area (Å²) < 4.78 is 16.4. The maximum atomic E-state index is 14.7. The first-order valence-electron chi connectivity index (χ1n) is 8.46. The highest BCUT2D eigenvalue weighted by atomic mass is 19.1. The van der Waals surface area contributed by atoms with Crippen LogP contribution in [0.3, 0.4) is 0 Å². The molecule has 0 radical (unpaired) electrons. The van der Waals surface area contributed by atoms with Gasteiger partial charge in [-0.15, -0.1) is 0 Å². The van der Waals surface area contributed by atoms with Crippen LogP contribution >= 0.6 is 0 Å². The Morgan fingerprint density at radius 3 is 2.80 bits per heavy atom. The minimum absolute atomic E-state index is 0.0107. The Morgan fingerprint density at radius 2 is 2.16 bits per heavy atom. The third kappa shape index (κ3) is 2.57. The molecule has 0 spiro atoms. The van der Waals surface area contributed by atoms with Gasteiger partial charge in [0.1, 0.15) is 11.2 Å². The van der Waals surface area contributed by atoms with E-state index in [1.807, 2.05) is 4.90 Å². The van der Waals surface area contributed by atoms with Crippen LogP contribution in [0.15, 0.2) is 17.1 Å². The summed E-state index contributed by atoms with van der Waals surface area (Å²) in [6.07, 6.45) is 4.91. The highest BCUT2D eigenvalue weighted by molar-refractivity contribution is 5.92. The number of halogens is 1. The maximum Gasteiger partial charge on any atom is 0.341 e. The monoisotopic (exact) mass is 346 g/mol. The molecule has 2 aliphatic rings. The summed E-state index contributed by atoms with van der Waals surface area (Å²) in [5.41, 5.74) is 5.07. The normalized spacial score (nSPS) is 20.4. The van der Waals surface area contributed by atoms with Gasteiger partial charge in [-0.25, -0.2) is 14.2 Å². The molecule has 132 valence electrons. The summed E-state index contributed by atoms with van der Waals surface area (Å²) >= 11 is 0. The molecule has 1 aliphatic heterocycles. The average Bonchev–Trinajstić information content (AvgIpc) is 3.31. The molecule has 8 heteroatoms. The predicted octanol–water partition coefficient (Wildman–Crippen LogP) is 1.50. The fraction of sp³-hybridized carbons (Fsp3) is 0.471. The second-order valence-corrected chi connectivity index (χ2v) is 6.71. The van der Waals surface area contributed by atoms with Gasteiger partial charge in [0.2, 0.25) is 5.43 Å². The van der Waals surface area contributed by atoms with E-state index in [4.69, 9.17) is 5.73 Å². The molecule has 2 aromatic rings. The number of carbonyl (C=O) groups is 1. The first kappa shape index (κ1) is 16.0. The zero-order chi connectivity index (χ0) is 17.7. The topological polar surface area (TPSA) is 101 Å². The summed E-state index contributed by atoms with van der Waals surface area (Å²) in [5, 5.41) is 9.28. The van der Waals surface area contributed by atoms with Crippen molar-refractivity contribution < 1.29 is 14.3 Å². The third-order valence-electron chi connectivity index (χ3n) is 5.03. The molecule has 1 unspecified atom stereocenters. The van der Waals surface area contributed by atoms with Crippen LogP contribution in [0.2, 0.25) is 0 Å². The van der Waals surface area contributed by atoms with E-state index in [0.717, 1.165) is 31.7 Å². The number of nitrogens with zero attached hydrogens (tertiary/aromatic N) is 3. The van der Waals surface area contributed by atoms with E-state index in [-0.39, 0.29) is 28.9 Å². The number of pyridine rings is 2. The summed E-state index contributed by atoms with van der Waals surface area (Å²) in [6, 6.07) is 1.26. The Morgan fingerprint density at radius 1 is 1.40 bits per heavy atom. The molecule has 0 bridgehead atoms. The average molecular weight is 346 g/mol. The van der Waals surface area contributed by atoms with Crippen molar-refractivity contribution in [2.75, 3.05) is 18.0 Å². The summed E-state index contributed by atoms with van der Waals surface area (Å²) in [6.45, 7) is 1.07. The predicted molar refractivity (Wildman–Crippen MR) is 90.6 cm³/mol. The van der Waals surface area contributed by atoms with Gasteiger partial charge < -0.3 is 20.3 Å². The number of fused-ring (bicyclic) bond motifs is 1. The van der Waals surface area contributed by atoms with E-state index in [0.29, 0.717) is 18.7 Å². The van der Waals surface area contributed by atoms with Crippen molar-refractivity contribution in [1.82, 2.24) is 9.55 Å². The number of carboxylic acids is 1. The Hall–Kier alpha value is -2.48. The number of aromatic carboxylic acids is 1. The maximum absolute atomic E-state index is 14.7. The lowest BCUT2D eigenvalue weighted by Gasteiger charge is -2.25. The summed E-state index contributed by atoms with van der Waals surface area (Å²) in [7, 11) is 0. The number of hydrogen-bond acceptors (Lipinski definition) is 5. The zero-order valence-corrected chi connectivity index (χ0v) is 13.6. The molecule has 0 amide bonds. The van der Waals surface area contributed by atoms with Crippen molar-refractivity contribution in [3.8, 4) is 0 Å². The van der Waals surface area contributed by atoms with E-state index in [9.17, 15) is 19.1 Å². The number of anilines is 1. The SMILES string of the molecule is NCC1CCCN1c1nc2c(cc1F)c(=O)c(C(=O)O)cn2C1CC1. The van der Waals surface area contributed by atoms with Crippen LogP contribution in [-0.4, -0.2) is 39.8 Å². The largest absolute Gasteiger partial charge is 0.477 e. The standard InChI is InChI=1S/C17H19FN4O3/c18-13-6-11-14(23)12(17(24)25)8-22(9-3-4-9)15(11)20-16(13)21-5-1-2-10(21)7-19/h6,8-10H,1-5,7,19H2,(H,24,25). The third-order valence-corrected chi connectivity index (χ3v) is 5.03. The van der Waals surface area contributed by atoms with E-state index < -0.39 is 17.2 Å². The van der Waals surface area contributed by atoms with E-state index in [1.54, 1.807) is 4.57 Å². The Bertz CT molecular complexity index is 922. The van der Waals surface area contributed by atoms with Crippen LogP contribution in [0.1, 0.15) is 42.1 Å². The molecule has 3 N–H and O–H groups in total. The van der Waals surface area contributed by atoms with Crippen molar-refractivity contribution in [2.45, 2.75) is 37.8 Å². The molecule has 4 rings (SSSR count). The minimum atomic E-state index is -1.31. The molecular weight excluding hydrogens is 327 g/mol. The van der Waals surface area contributed by atoms with Crippen LogP contribution in [0.25, 0.3) is 11.0 Å². The second kappa shape index (κ2) is 5.80. The van der Waals surface area contributed by atoms with Crippen LogP contribution in [-0.2, 0) is 0 Å². The molecule has 2 aromatic heterocycles. The quantitative estimate of drug-likeness (QED) is 0.870. The lowest BCUT2D eigenvalue weighted by Crippen LogP contribution is -2.36. The van der Waals surface area contributed by atoms with Gasteiger partial charge in [-0.1, -0.05) is 0 Å². The number of hydrogen-bond donors (Lipinski definition) is 2. The van der Waals surface area contributed by atoms with Gasteiger partial charge in [0.25, 0.3) is 0 Å². The second-order valence-electron chi connectivity index (χ2n) is 6.71. The van der Waals surface area contributed by atoms with Gasteiger partial charge in [-0.05, 0) is 31.7 Å². The van der Waals surface area contributed by atoms with Gasteiger partial charge in [0, 0.05) is 31.4 Å². The molecule has 3 heterocycles. The molecular formula is C17H19FN4O3. The molecule has 1 saturated carbocycles. The van der Waals surface area contributed by atoms with Gasteiger partial charge in [-0.3, -0.25) is 4.79 Å². The molecule has 1 aliphatic carbocycles. The number of rotatable bonds is 4. The molecule has 7 nitrogen and oxygen atoms in total. The number of carboxylic acid groups (broad SMARTS) is 1. The van der Waals surface area contributed by atoms with Crippen molar-refractivity contribution in [3.05, 3.63) is 33.9 Å². The minimum Gasteiger partial charge on any atom is -0.477 e. The molecule has 1 atom stereocenters. The van der Waals surface area contributed by atoms with Crippen molar-refractivity contribution in [1.29, 1.82) is 0 Å². The molecule has 2 fully saturated rings. The Balaban J connectivity index is 1.96. The van der Waals surface area contributed by atoms with Gasteiger partial charge in [0.05, 0.1) is 5.39 Å². The van der Waals surface area contributed by atoms with E-state index in [1.165, 1.54) is 6.20 Å². The fourth-order valence-electron chi connectivity index (χ4n) is 3.58. The van der Waals surface area contributed by atoms with Crippen molar-refractivity contribution in [2.24, 2.45) is 5.73 Å². The number of aromatic nitrogens is 2. The highest BCUT2D eigenvalue weighted by Gasteiger charge is 2.31. The van der Waals surface area contributed by atoms with E-state index in [2.05, 4.69) is 4.98 Å². The molecule has 0 aromatic carbocycles.